The van der Waals surface area contributed by atoms with Crippen molar-refractivity contribution < 1.29 is 49.6 Å². The molecular weight excluding hydrogens is 700 g/mol. The monoisotopic (exact) mass is 704 g/mol. The third kappa shape index (κ3) is 5.74. The summed E-state index contributed by atoms with van der Waals surface area (Å²) in [5, 5.41) is 0. The van der Waals surface area contributed by atoms with Crippen molar-refractivity contribution in [1.29, 1.82) is 0 Å². The topological polar surface area (TPSA) is 107 Å². The van der Waals surface area contributed by atoms with Gasteiger partial charge in [0.25, 0.3) is 0 Å². The van der Waals surface area contributed by atoms with Crippen LogP contribution in [0.4, 0.5) is 17.6 Å². The lowest BCUT2D eigenvalue weighted by atomic mass is 10.2. The summed E-state index contributed by atoms with van der Waals surface area (Å²) in [7, 11) is -5.67. The highest BCUT2D eigenvalue weighted by molar-refractivity contribution is 9.11. The zero-order chi connectivity index (χ0) is 26.2. The van der Waals surface area contributed by atoms with Crippen LogP contribution in [0.5, 0.6) is 11.5 Å². The Morgan fingerprint density at radius 3 is 1.71 bits per heavy atom. The van der Waals surface area contributed by atoms with Gasteiger partial charge in [0, 0.05) is 13.4 Å². The van der Waals surface area contributed by atoms with Crippen molar-refractivity contribution in [2.75, 3.05) is 0 Å². The van der Waals surface area contributed by atoms with Gasteiger partial charge >= 0.3 is 22.1 Å². The van der Waals surface area contributed by atoms with Crippen LogP contribution in [-0.2, 0) is 10.1 Å². The van der Waals surface area contributed by atoms with Crippen LogP contribution in [0.25, 0.3) is 0 Å². The van der Waals surface area contributed by atoms with Gasteiger partial charge in [-0.3, -0.25) is 4.55 Å². The molecule has 3 aromatic rings. The predicted octanol–water partition coefficient (Wildman–Crippen LogP) is 6.22. The molecule has 0 heterocycles. The molecule has 15 heteroatoms. The van der Waals surface area contributed by atoms with Crippen molar-refractivity contribution in [1.82, 2.24) is 0 Å². The fourth-order valence-corrected chi connectivity index (χ4v) is 5.83. The number of hydrogen-bond donors (Lipinski definition) is 1. The van der Waals surface area contributed by atoms with Crippen LogP contribution in [0.1, 0.15) is 20.7 Å². The summed E-state index contributed by atoms with van der Waals surface area (Å²) in [5.41, 5.74) is -0.227. The molecule has 3 aromatic carbocycles. The standard InChI is InChI=1S/C20H7Br3F4O7S/c21-8-5-10(22)12(11(23)6-8)20(29)33-9-3-1-7(2-4-9)19(28)34-17-13(24)15(26)18(35(30,31)32)16(27)14(17)25/h1-6H,(H,30,31,32). The van der Waals surface area contributed by atoms with E-state index in [-0.39, 0.29) is 16.9 Å². The minimum Gasteiger partial charge on any atom is -0.423 e. The molecule has 0 saturated heterocycles. The van der Waals surface area contributed by atoms with Crippen LogP contribution >= 0.6 is 47.8 Å². The van der Waals surface area contributed by atoms with Gasteiger partial charge in [0.15, 0.2) is 16.5 Å². The maximum Gasteiger partial charge on any atom is 0.345 e. The highest BCUT2D eigenvalue weighted by Crippen LogP contribution is 2.33. The minimum absolute atomic E-state index is 0.0415. The van der Waals surface area contributed by atoms with E-state index in [2.05, 4.69) is 52.5 Å². The Morgan fingerprint density at radius 1 is 0.771 bits per heavy atom. The molecule has 7 nitrogen and oxygen atoms in total. The van der Waals surface area contributed by atoms with E-state index in [4.69, 9.17) is 9.29 Å². The largest absolute Gasteiger partial charge is 0.423 e. The lowest BCUT2D eigenvalue weighted by Gasteiger charge is -2.11. The summed E-state index contributed by atoms with van der Waals surface area (Å²) < 4.78 is 97.7. The second-order valence-corrected chi connectivity index (χ2v) is 10.4. The van der Waals surface area contributed by atoms with Crippen LogP contribution in [-0.4, -0.2) is 24.9 Å². The van der Waals surface area contributed by atoms with Gasteiger partial charge in [-0.25, -0.2) is 18.4 Å². The third-order valence-electron chi connectivity index (χ3n) is 4.15. The zero-order valence-electron chi connectivity index (χ0n) is 16.4. The number of hydrogen-bond acceptors (Lipinski definition) is 6. The van der Waals surface area contributed by atoms with E-state index in [1.54, 1.807) is 12.1 Å². The van der Waals surface area contributed by atoms with Gasteiger partial charge in [-0.15, -0.1) is 0 Å². The van der Waals surface area contributed by atoms with Crippen LogP contribution in [0.2, 0.25) is 0 Å². The number of benzene rings is 3. The Morgan fingerprint density at radius 2 is 1.26 bits per heavy atom. The third-order valence-corrected chi connectivity index (χ3v) is 6.73. The lowest BCUT2D eigenvalue weighted by molar-refractivity contribution is 0.0715. The first-order valence-electron chi connectivity index (χ1n) is 8.74. The molecule has 0 atom stereocenters. The smallest absolute Gasteiger partial charge is 0.345 e. The summed E-state index contributed by atoms with van der Waals surface area (Å²) >= 11 is 9.71. The summed E-state index contributed by atoms with van der Waals surface area (Å²) in [4.78, 5) is 22.4. The second kappa shape index (κ2) is 10.3. The molecule has 3 rings (SSSR count). The maximum absolute atomic E-state index is 14.1. The molecule has 0 radical (unpaired) electrons. The molecule has 0 bridgehead atoms. The quantitative estimate of drug-likeness (QED) is 0.111. The van der Waals surface area contributed by atoms with Gasteiger partial charge in [0.05, 0.1) is 11.1 Å². The first kappa shape index (κ1) is 27.3. The molecule has 0 aliphatic carbocycles. The zero-order valence-corrected chi connectivity index (χ0v) is 22.0. The minimum atomic E-state index is -5.67. The van der Waals surface area contributed by atoms with Gasteiger partial charge < -0.3 is 9.47 Å². The fraction of sp³-hybridized carbons (Fsp3) is 0. The van der Waals surface area contributed by atoms with E-state index >= 15 is 0 Å². The van der Waals surface area contributed by atoms with Crippen molar-refractivity contribution in [2.45, 2.75) is 4.90 Å². The van der Waals surface area contributed by atoms with Gasteiger partial charge in [-0.1, -0.05) is 15.9 Å². The fourth-order valence-electron chi connectivity index (χ4n) is 2.61. The van der Waals surface area contributed by atoms with Gasteiger partial charge in [0.2, 0.25) is 17.4 Å². The van der Waals surface area contributed by atoms with Gasteiger partial charge in [-0.2, -0.15) is 17.2 Å². The highest BCUT2D eigenvalue weighted by atomic mass is 79.9. The Kier molecular flexibility index (Phi) is 8.06. The SMILES string of the molecule is O=C(Oc1c(F)c(F)c(S(=O)(=O)O)c(F)c1F)c1ccc(OC(=O)c2c(Br)cc(Br)cc2Br)cc1. The predicted molar refractivity (Wildman–Crippen MR) is 122 cm³/mol. The van der Waals surface area contributed by atoms with Crippen molar-refractivity contribution >= 4 is 69.8 Å². The average molecular weight is 707 g/mol. The van der Waals surface area contributed by atoms with Crippen molar-refractivity contribution in [3.8, 4) is 11.5 Å². The first-order chi connectivity index (χ1) is 16.2. The number of rotatable bonds is 5. The normalized spacial score (nSPS) is 11.3. The van der Waals surface area contributed by atoms with Gasteiger partial charge in [-0.05, 0) is 68.3 Å². The number of ether oxygens (including phenoxy) is 2. The summed E-state index contributed by atoms with van der Waals surface area (Å²) in [6.07, 6.45) is 0. The molecule has 0 amide bonds. The molecule has 0 saturated carbocycles. The van der Waals surface area contributed by atoms with Crippen molar-refractivity contribution in [3.63, 3.8) is 0 Å². The average Bonchev–Trinajstić information content (AvgIpc) is 2.74. The molecule has 0 aromatic heterocycles. The molecule has 0 spiro atoms. The number of carbonyl (C=O) groups excluding carboxylic acids is 2. The molecule has 35 heavy (non-hydrogen) atoms. The lowest BCUT2D eigenvalue weighted by Crippen LogP contribution is -2.16. The summed E-state index contributed by atoms with van der Waals surface area (Å²) in [5.74, 6) is -13.9. The van der Waals surface area contributed by atoms with Gasteiger partial charge in [0.1, 0.15) is 5.75 Å². The van der Waals surface area contributed by atoms with Crippen LogP contribution in [0, 0.1) is 23.3 Å². The van der Waals surface area contributed by atoms with E-state index in [0.29, 0.717) is 13.4 Å². The molecule has 1 N–H and O–H groups in total. The van der Waals surface area contributed by atoms with Crippen molar-refractivity contribution in [3.05, 3.63) is 84.2 Å². The van der Waals surface area contributed by atoms with Crippen molar-refractivity contribution in [2.24, 2.45) is 0 Å². The second-order valence-electron chi connectivity index (χ2n) is 6.44. The number of halogens is 7. The van der Waals surface area contributed by atoms with Crippen LogP contribution < -0.4 is 9.47 Å². The van der Waals surface area contributed by atoms with Crippen LogP contribution in [0.3, 0.4) is 0 Å². The number of esters is 2. The van der Waals surface area contributed by atoms with E-state index < -0.39 is 56.0 Å². The van der Waals surface area contributed by atoms with E-state index in [1.165, 1.54) is 0 Å². The maximum atomic E-state index is 14.1. The summed E-state index contributed by atoms with van der Waals surface area (Å²) in [6.45, 7) is 0. The highest BCUT2D eigenvalue weighted by Gasteiger charge is 2.34. The molecule has 0 aliphatic rings. The van der Waals surface area contributed by atoms with E-state index in [9.17, 15) is 35.6 Å². The summed E-state index contributed by atoms with van der Waals surface area (Å²) in [6, 6.07) is 7.51. The molecule has 0 unspecified atom stereocenters. The van der Waals surface area contributed by atoms with Crippen LogP contribution in [0.15, 0.2) is 54.7 Å². The molecule has 184 valence electrons. The Hall–Kier alpha value is -2.33. The molecular formula is C20H7Br3F4O7S. The van der Waals surface area contributed by atoms with E-state index in [1.807, 2.05) is 0 Å². The Bertz CT molecular complexity index is 1430. The Labute approximate surface area is 219 Å². The number of carbonyl (C=O) groups is 2. The Balaban J connectivity index is 1.83. The molecule has 0 fully saturated rings. The molecule has 0 aliphatic heterocycles. The van der Waals surface area contributed by atoms with E-state index in [0.717, 1.165) is 24.3 Å². The first-order valence-corrected chi connectivity index (χ1v) is 12.6.